The maximum atomic E-state index is 12.7. The normalized spacial score (nSPS) is 18.5. The second-order valence-corrected chi connectivity index (χ2v) is 5.89. The molecular formula is C16H18ClN3O2. The van der Waals surface area contributed by atoms with Crippen LogP contribution in [0, 0.1) is 6.92 Å². The smallest absolute Gasteiger partial charge is 0.257 e. The third-order valence-electron chi connectivity index (χ3n) is 3.94. The molecule has 0 aliphatic carbocycles. The van der Waals surface area contributed by atoms with Crippen LogP contribution in [0.2, 0.25) is 5.02 Å². The van der Waals surface area contributed by atoms with Crippen LogP contribution < -0.4 is 0 Å². The Kier molecular flexibility index (Phi) is 4.18. The molecule has 3 rings (SSSR count). The average molecular weight is 320 g/mol. The van der Waals surface area contributed by atoms with Crippen molar-refractivity contribution in [2.45, 2.75) is 19.9 Å². The lowest BCUT2D eigenvalue weighted by Gasteiger charge is -2.33. The summed E-state index contributed by atoms with van der Waals surface area (Å²) in [5, 5.41) is 5.02. The Balaban J connectivity index is 1.89. The Labute approximate surface area is 134 Å². The molecular weight excluding hydrogens is 302 g/mol. The van der Waals surface area contributed by atoms with Gasteiger partial charge in [-0.3, -0.25) is 4.79 Å². The predicted molar refractivity (Wildman–Crippen MR) is 84.6 cm³/mol. The molecule has 22 heavy (non-hydrogen) atoms. The van der Waals surface area contributed by atoms with Gasteiger partial charge >= 0.3 is 0 Å². The fraction of sp³-hybridized carbons (Fsp3) is 0.375. The SMILES string of the molecule is Cc1c(C(=O)N2CCOC[C@@H]2C)cnn1-c1ccc(Cl)cc1. The maximum Gasteiger partial charge on any atom is 0.257 e. The third kappa shape index (κ3) is 2.74. The molecule has 1 atom stereocenters. The van der Waals surface area contributed by atoms with Crippen LogP contribution in [0.4, 0.5) is 0 Å². The van der Waals surface area contributed by atoms with E-state index in [2.05, 4.69) is 5.10 Å². The summed E-state index contributed by atoms with van der Waals surface area (Å²) in [7, 11) is 0. The van der Waals surface area contributed by atoms with E-state index in [0.717, 1.165) is 11.4 Å². The van der Waals surface area contributed by atoms with Gasteiger partial charge in [0.2, 0.25) is 0 Å². The van der Waals surface area contributed by atoms with Crippen molar-refractivity contribution in [1.82, 2.24) is 14.7 Å². The van der Waals surface area contributed by atoms with Crippen molar-refractivity contribution in [3.05, 3.63) is 46.7 Å². The number of rotatable bonds is 2. The van der Waals surface area contributed by atoms with Crippen molar-refractivity contribution in [3.63, 3.8) is 0 Å². The monoisotopic (exact) mass is 319 g/mol. The highest BCUT2D eigenvalue weighted by atomic mass is 35.5. The van der Waals surface area contributed by atoms with Crippen molar-refractivity contribution in [1.29, 1.82) is 0 Å². The van der Waals surface area contributed by atoms with Gasteiger partial charge in [-0.15, -0.1) is 0 Å². The molecule has 1 fully saturated rings. The minimum absolute atomic E-state index is 0.00788. The van der Waals surface area contributed by atoms with Crippen LogP contribution in [0.3, 0.4) is 0 Å². The number of benzene rings is 1. The summed E-state index contributed by atoms with van der Waals surface area (Å²) in [5.41, 5.74) is 2.34. The van der Waals surface area contributed by atoms with Gasteiger partial charge in [-0.2, -0.15) is 5.10 Å². The molecule has 0 saturated carbocycles. The van der Waals surface area contributed by atoms with Gasteiger partial charge in [0.15, 0.2) is 0 Å². The van der Waals surface area contributed by atoms with E-state index >= 15 is 0 Å². The van der Waals surface area contributed by atoms with Gasteiger partial charge in [0.05, 0.1) is 42.4 Å². The van der Waals surface area contributed by atoms with E-state index in [1.54, 1.807) is 10.9 Å². The number of hydrogen-bond acceptors (Lipinski definition) is 3. The molecule has 116 valence electrons. The average Bonchev–Trinajstić information content (AvgIpc) is 2.90. The lowest BCUT2D eigenvalue weighted by atomic mass is 10.1. The van der Waals surface area contributed by atoms with Crippen LogP contribution in [0.25, 0.3) is 5.69 Å². The van der Waals surface area contributed by atoms with E-state index in [4.69, 9.17) is 16.3 Å². The quantitative estimate of drug-likeness (QED) is 0.855. The molecule has 2 heterocycles. The first-order valence-corrected chi connectivity index (χ1v) is 7.65. The van der Waals surface area contributed by atoms with Gasteiger partial charge in [-0.25, -0.2) is 4.68 Å². The first kappa shape index (κ1) is 15.1. The minimum Gasteiger partial charge on any atom is -0.377 e. The van der Waals surface area contributed by atoms with Crippen molar-refractivity contribution < 1.29 is 9.53 Å². The van der Waals surface area contributed by atoms with Crippen LogP contribution in [-0.4, -0.2) is 46.4 Å². The molecule has 2 aromatic rings. The molecule has 1 aromatic heterocycles. The summed E-state index contributed by atoms with van der Waals surface area (Å²) in [4.78, 5) is 14.6. The first-order chi connectivity index (χ1) is 10.6. The Hall–Kier alpha value is -1.85. The van der Waals surface area contributed by atoms with Crippen molar-refractivity contribution in [2.24, 2.45) is 0 Å². The number of hydrogen-bond donors (Lipinski definition) is 0. The molecule has 6 heteroatoms. The summed E-state index contributed by atoms with van der Waals surface area (Å²) in [6.45, 7) is 5.68. The number of morpholine rings is 1. The lowest BCUT2D eigenvalue weighted by Crippen LogP contribution is -2.47. The number of carbonyl (C=O) groups excluding carboxylic acids is 1. The first-order valence-electron chi connectivity index (χ1n) is 7.27. The highest BCUT2D eigenvalue weighted by Crippen LogP contribution is 2.19. The van der Waals surface area contributed by atoms with E-state index < -0.39 is 0 Å². The summed E-state index contributed by atoms with van der Waals surface area (Å²) >= 11 is 5.91. The number of halogens is 1. The molecule has 1 amide bonds. The Morgan fingerprint density at radius 3 is 2.77 bits per heavy atom. The van der Waals surface area contributed by atoms with Gasteiger partial charge in [0, 0.05) is 11.6 Å². The second kappa shape index (κ2) is 6.10. The van der Waals surface area contributed by atoms with Crippen molar-refractivity contribution >= 4 is 17.5 Å². The van der Waals surface area contributed by atoms with Crippen LogP contribution in [-0.2, 0) is 4.74 Å². The number of carbonyl (C=O) groups is 1. The number of ether oxygens (including phenoxy) is 1. The van der Waals surface area contributed by atoms with E-state index in [-0.39, 0.29) is 11.9 Å². The standard InChI is InChI=1S/C16H18ClN3O2/c1-11-10-22-8-7-19(11)16(21)15-9-18-20(12(15)2)14-5-3-13(17)4-6-14/h3-6,9,11H,7-8,10H2,1-2H3/t11-/m0/s1. The molecule has 1 aliphatic heterocycles. The summed E-state index contributed by atoms with van der Waals surface area (Å²) < 4.78 is 7.15. The number of aromatic nitrogens is 2. The van der Waals surface area contributed by atoms with E-state index in [9.17, 15) is 4.79 Å². The zero-order chi connectivity index (χ0) is 15.7. The molecule has 0 unspecified atom stereocenters. The summed E-state index contributed by atoms with van der Waals surface area (Å²) in [6, 6.07) is 7.47. The van der Waals surface area contributed by atoms with Crippen LogP contribution >= 0.6 is 11.6 Å². The van der Waals surface area contributed by atoms with Gasteiger partial charge < -0.3 is 9.64 Å². The Morgan fingerprint density at radius 1 is 1.36 bits per heavy atom. The molecule has 0 N–H and O–H groups in total. The molecule has 1 aromatic carbocycles. The maximum absolute atomic E-state index is 12.7. The topological polar surface area (TPSA) is 47.4 Å². The minimum atomic E-state index is 0.00788. The predicted octanol–water partition coefficient (Wildman–Crippen LogP) is 2.70. The largest absolute Gasteiger partial charge is 0.377 e. The molecule has 0 bridgehead atoms. The summed E-state index contributed by atoms with van der Waals surface area (Å²) in [6.07, 6.45) is 1.63. The lowest BCUT2D eigenvalue weighted by molar-refractivity contribution is 0.00355. The Morgan fingerprint density at radius 2 is 2.09 bits per heavy atom. The van der Waals surface area contributed by atoms with Crippen LogP contribution in [0.15, 0.2) is 30.5 Å². The van der Waals surface area contributed by atoms with E-state index in [1.165, 1.54) is 0 Å². The molecule has 1 saturated heterocycles. The van der Waals surface area contributed by atoms with Gasteiger partial charge in [-0.05, 0) is 38.1 Å². The van der Waals surface area contributed by atoms with Gasteiger partial charge in [0.1, 0.15) is 0 Å². The number of amides is 1. The van der Waals surface area contributed by atoms with E-state index in [0.29, 0.717) is 30.3 Å². The zero-order valence-corrected chi connectivity index (χ0v) is 13.4. The van der Waals surface area contributed by atoms with Crippen molar-refractivity contribution in [3.8, 4) is 5.69 Å². The highest BCUT2D eigenvalue weighted by Gasteiger charge is 2.27. The fourth-order valence-electron chi connectivity index (χ4n) is 2.65. The van der Waals surface area contributed by atoms with E-state index in [1.807, 2.05) is 43.0 Å². The van der Waals surface area contributed by atoms with Gasteiger partial charge in [0.25, 0.3) is 5.91 Å². The van der Waals surface area contributed by atoms with Crippen molar-refractivity contribution in [2.75, 3.05) is 19.8 Å². The Bertz CT molecular complexity index is 681. The molecule has 0 radical (unpaired) electrons. The molecule has 0 spiro atoms. The molecule has 5 nitrogen and oxygen atoms in total. The van der Waals surface area contributed by atoms with Crippen LogP contribution in [0.5, 0.6) is 0 Å². The fourth-order valence-corrected chi connectivity index (χ4v) is 2.77. The van der Waals surface area contributed by atoms with Gasteiger partial charge in [-0.1, -0.05) is 11.6 Å². The molecule has 1 aliphatic rings. The number of nitrogens with zero attached hydrogens (tertiary/aromatic N) is 3. The zero-order valence-electron chi connectivity index (χ0n) is 12.6. The highest BCUT2D eigenvalue weighted by molar-refractivity contribution is 6.30. The van der Waals surface area contributed by atoms with Crippen LogP contribution in [0.1, 0.15) is 23.0 Å². The third-order valence-corrected chi connectivity index (χ3v) is 4.19. The summed E-state index contributed by atoms with van der Waals surface area (Å²) in [5.74, 6) is 0.00788. The second-order valence-electron chi connectivity index (χ2n) is 5.45.